The lowest BCUT2D eigenvalue weighted by Gasteiger charge is -2.34. The van der Waals surface area contributed by atoms with E-state index in [0.29, 0.717) is 11.9 Å². The second-order valence-corrected chi connectivity index (χ2v) is 9.82. The van der Waals surface area contributed by atoms with Gasteiger partial charge in [0, 0.05) is 41.3 Å². The number of hydrazine groups is 1. The van der Waals surface area contributed by atoms with Gasteiger partial charge in [0.05, 0.1) is 24.3 Å². The summed E-state index contributed by atoms with van der Waals surface area (Å²) in [6, 6.07) is 3.81. The van der Waals surface area contributed by atoms with Crippen molar-refractivity contribution in [2.45, 2.75) is 61.7 Å². The maximum absolute atomic E-state index is 14.8. The van der Waals surface area contributed by atoms with Gasteiger partial charge in [-0.05, 0) is 38.8 Å². The lowest BCUT2D eigenvalue weighted by molar-refractivity contribution is 0.0641. The fourth-order valence-electron chi connectivity index (χ4n) is 5.46. The molecule has 4 fully saturated rings. The van der Waals surface area contributed by atoms with Crippen LogP contribution in [-0.4, -0.2) is 47.2 Å². The minimum Gasteiger partial charge on any atom is -0.381 e. The third-order valence-corrected chi connectivity index (χ3v) is 8.41. The molecule has 0 aliphatic carbocycles. The van der Waals surface area contributed by atoms with Gasteiger partial charge < -0.3 is 10.1 Å². The van der Waals surface area contributed by atoms with Gasteiger partial charge >= 0.3 is 0 Å². The first kappa shape index (κ1) is 19.2. The van der Waals surface area contributed by atoms with Gasteiger partial charge in [-0.2, -0.15) is 0 Å². The van der Waals surface area contributed by atoms with Gasteiger partial charge in [-0.3, -0.25) is 5.32 Å². The van der Waals surface area contributed by atoms with Crippen molar-refractivity contribution in [2.24, 2.45) is 11.8 Å². The summed E-state index contributed by atoms with van der Waals surface area (Å²) in [4.78, 5) is 0. The highest BCUT2D eigenvalue weighted by Gasteiger charge is 2.56. The highest BCUT2D eigenvalue weighted by atomic mass is 32.2. The molecule has 4 heterocycles. The van der Waals surface area contributed by atoms with E-state index in [-0.39, 0.29) is 41.1 Å². The zero-order valence-electron chi connectivity index (χ0n) is 16.2. The van der Waals surface area contributed by atoms with Gasteiger partial charge in [-0.1, -0.05) is 6.07 Å². The van der Waals surface area contributed by atoms with Gasteiger partial charge in [0.1, 0.15) is 11.6 Å². The molecule has 5 rings (SSSR count). The Bertz CT molecular complexity index is 720. The summed E-state index contributed by atoms with van der Waals surface area (Å²) < 4.78 is 35.6. The van der Waals surface area contributed by atoms with Crippen LogP contribution in [-0.2, 0) is 4.74 Å². The van der Waals surface area contributed by atoms with E-state index >= 15 is 0 Å². The molecule has 0 spiro atoms. The zero-order valence-corrected chi connectivity index (χ0v) is 17.0. The van der Waals surface area contributed by atoms with Crippen molar-refractivity contribution in [2.75, 3.05) is 13.2 Å². The molecule has 0 saturated carbocycles. The van der Waals surface area contributed by atoms with Gasteiger partial charge in [0.2, 0.25) is 0 Å². The molecular formula is C20H28F2N4OS. The standard InChI is InChI=1S/C20H28F2N4OS/c1-10-19-24-11(2)25-26(19)20-16(12-9-27-8-4-7-15(12)28-20)18(23-10)17-13(21)5-3-6-14(17)22/h3,5-6,10-12,15-16,18-20,23-25H,4,7-9H2,1-2H3/t10-,11?,12?,15?,16?,18?,19?,20?/m0/s1. The SMILES string of the molecule is CC1NC2[C@H](C)NC(c3c(F)cccc3F)C3C4COCCCC4SC3N2N1. The summed E-state index contributed by atoms with van der Waals surface area (Å²) in [6.45, 7) is 5.62. The largest absolute Gasteiger partial charge is 0.381 e. The second-order valence-electron chi connectivity index (χ2n) is 8.46. The van der Waals surface area contributed by atoms with Crippen molar-refractivity contribution in [3.8, 4) is 0 Å². The smallest absolute Gasteiger partial charge is 0.130 e. The van der Waals surface area contributed by atoms with Crippen LogP contribution in [0.3, 0.4) is 0 Å². The van der Waals surface area contributed by atoms with Crippen LogP contribution >= 0.6 is 11.8 Å². The summed E-state index contributed by atoms with van der Waals surface area (Å²) in [5, 5.41) is 10.0. The average molecular weight is 411 g/mol. The molecule has 5 nitrogen and oxygen atoms in total. The van der Waals surface area contributed by atoms with E-state index < -0.39 is 17.7 Å². The van der Waals surface area contributed by atoms with Crippen LogP contribution in [0.25, 0.3) is 0 Å². The Labute approximate surface area is 168 Å². The third-order valence-electron chi connectivity index (χ3n) is 6.65. The fourth-order valence-corrected chi connectivity index (χ4v) is 7.45. The van der Waals surface area contributed by atoms with Crippen LogP contribution in [0.2, 0.25) is 0 Å². The number of ether oxygens (including phenoxy) is 1. The molecule has 7 unspecified atom stereocenters. The summed E-state index contributed by atoms with van der Waals surface area (Å²) in [5.41, 5.74) is 3.73. The highest BCUT2D eigenvalue weighted by Crippen LogP contribution is 2.54. The highest BCUT2D eigenvalue weighted by molar-refractivity contribution is 8.00. The summed E-state index contributed by atoms with van der Waals surface area (Å²) in [6.07, 6.45) is 2.37. The number of nitrogens with one attached hydrogen (secondary N) is 3. The molecule has 0 aromatic heterocycles. The maximum atomic E-state index is 14.8. The maximum Gasteiger partial charge on any atom is 0.130 e. The molecule has 28 heavy (non-hydrogen) atoms. The molecule has 0 radical (unpaired) electrons. The van der Waals surface area contributed by atoms with E-state index in [1.54, 1.807) is 0 Å². The second kappa shape index (κ2) is 7.49. The van der Waals surface area contributed by atoms with Gasteiger partial charge in [-0.15, -0.1) is 11.8 Å². The summed E-state index contributed by atoms with van der Waals surface area (Å²) in [5.74, 6) is -0.630. The lowest BCUT2D eigenvalue weighted by atomic mass is 9.80. The van der Waals surface area contributed by atoms with Crippen LogP contribution < -0.4 is 16.1 Å². The molecular weight excluding hydrogens is 382 g/mol. The number of hydrogen-bond donors (Lipinski definition) is 3. The molecule has 8 heteroatoms. The number of halogens is 2. The molecule has 1 aromatic rings. The van der Waals surface area contributed by atoms with Crippen LogP contribution in [0.4, 0.5) is 8.78 Å². The third kappa shape index (κ3) is 3.09. The number of nitrogens with zero attached hydrogens (tertiary/aromatic N) is 1. The predicted octanol–water partition coefficient (Wildman–Crippen LogP) is 2.56. The average Bonchev–Trinajstić information content (AvgIpc) is 3.09. The minimum absolute atomic E-state index is 0.0257. The van der Waals surface area contributed by atoms with Gasteiger partial charge in [0.25, 0.3) is 0 Å². The van der Waals surface area contributed by atoms with Crippen LogP contribution in [0, 0.1) is 23.5 Å². The van der Waals surface area contributed by atoms with Crippen molar-refractivity contribution in [1.29, 1.82) is 0 Å². The number of hydrogen-bond acceptors (Lipinski definition) is 6. The molecule has 4 aliphatic heterocycles. The molecule has 3 N–H and O–H groups in total. The van der Waals surface area contributed by atoms with Gasteiger partial charge in [0.15, 0.2) is 0 Å². The summed E-state index contributed by atoms with van der Waals surface area (Å²) >= 11 is 1.95. The Morgan fingerprint density at radius 3 is 2.75 bits per heavy atom. The molecule has 154 valence electrons. The van der Waals surface area contributed by atoms with Crippen molar-refractivity contribution < 1.29 is 13.5 Å². The minimum atomic E-state index is -0.470. The quantitative estimate of drug-likeness (QED) is 0.662. The number of fused-ring (bicyclic) bond motifs is 5. The zero-order chi connectivity index (χ0) is 19.4. The van der Waals surface area contributed by atoms with E-state index in [2.05, 4.69) is 34.9 Å². The van der Waals surface area contributed by atoms with Crippen molar-refractivity contribution in [3.63, 3.8) is 0 Å². The number of benzene rings is 1. The molecule has 0 amide bonds. The topological polar surface area (TPSA) is 48.6 Å². The Morgan fingerprint density at radius 2 is 1.96 bits per heavy atom. The van der Waals surface area contributed by atoms with Gasteiger partial charge in [-0.25, -0.2) is 19.2 Å². The lowest BCUT2D eigenvalue weighted by Crippen LogP contribution is -2.52. The first-order valence-electron chi connectivity index (χ1n) is 10.3. The Hall–Kier alpha value is -0.770. The van der Waals surface area contributed by atoms with E-state index in [9.17, 15) is 8.78 Å². The molecule has 1 aromatic carbocycles. The van der Waals surface area contributed by atoms with E-state index in [4.69, 9.17) is 4.74 Å². The van der Waals surface area contributed by atoms with E-state index in [0.717, 1.165) is 19.4 Å². The summed E-state index contributed by atoms with van der Waals surface area (Å²) in [7, 11) is 0. The van der Waals surface area contributed by atoms with Crippen molar-refractivity contribution in [3.05, 3.63) is 35.4 Å². The fraction of sp³-hybridized carbons (Fsp3) is 0.700. The Morgan fingerprint density at radius 1 is 1.18 bits per heavy atom. The van der Waals surface area contributed by atoms with E-state index in [1.807, 2.05) is 11.8 Å². The molecule has 0 bridgehead atoms. The Balaban J connectivity index is 1.60. The number of thioether (sulfide) groups is 1. The molecule has 4 saturated heterocycles. The predicted molar refractivity (Wildman–Crippen MR) is 105 cm³/mol. The molecule has 4 aliphatic rings. The van der Waals surface area contributed by atoms with Crippen molar-refractivity contribution >= 4 is 11.8 Å². The normalized spacial score (nSPS) is 43.7. The van der Waals surface area contributed by atoms with Crippen LogP contribution in [0.5, 0.6) is 0 Å². The van der Waals surface area contributed by atoms with Crippen LogP contribution in [0.1, 0.15) is 38.3 Å². The first-order valence-corrected chi connectivity index (χ1v) is 11.2. The number of rotatable bonds is 1. The molecule has 8 atom stereocenters. The van der Waals surface area contributed by atoms with Crippen LogP contribution in [0.15, 0.2) is 18.2 Å². The monoisotopic (exact) mass is 410 g/mol. The van der Waals surface area contributed by atoms with Crippen molar-refractivity contribution in [1.82, 2.24) is 21.1 Å². The van der Waals surface area contributed by atoms with E-state index in [1.165, 1.54) is 18.2 Å². The Kier molecular flexibility index (Phi) is 5.13. The first-order chi connectivity index (χ1) is 13.5.